The van der Waals surface area contributed by atoms with Crippen molar-refractivity contribution in [3.8, 4) is 0 Å². The molecule has 1 heterocycles. The standard InChI is InChI=1S/C8H5F3N2O3/c9-8(10,11)6-4(1-2-5(14)15)7(16)13-3-12-6/h1-3H,(H,14,15)(H,12,13,16). The molecule has 0 saturated carbocycles. The molecule has 0 amide bonds. The maximum absolute atomic E-state index is 12.4. The Morgan fingerprint density at radius 2 is 2.12 bits per heavy atom. The number of halogens is 3. The normalized spacial score (nSPS) is 11.9. The summed E-state index contributed by atoms with van der Waals surface area (Å²) in [5.41, 5.74) is -3.31. The Morgan fingerprint density at radius 3 is 2.62 bits per heavy atom. The fourth-order valence-corrected chi connectivity index (χ4v) is 0.945. The van der Waals surface area contributed by atoms with Crippen molar-refractivity contribution in [3.63, 3.8) is 0 Å². The average molecular weight is 234 g/mol. The molecule has 86 valence electrons. The van der Waals surface area contributed by atoms with Gasteiger partial charge in [0.2, 0.25) is 0 Å². The van der Waals surface area contributed by atoms with Crippen molar-refractivity contribution in [1.29, 1.82) is 0 Å². The lowest BCUT2D eigenvalue weighted by Crippen LogP contribution is -2.20. The molecule has 16 heavy (non-hydrogen) atoms. The molecule has 8 heteroatoms. The van der Waals surface area contributed by atoms with Gasteiger partial charge in [-0.25, -0.2) is 9.78 Å². The SMILES string of the molecule is O=C(O)C=Cc1c(C(F)(F)F)nc[nH]c1=O. The molecule has 2 N–H and O–H groups in total. The number of hydrogen-bond acceptors (Lipinski definition) is 3. The van der Waals surface area contributed by atoms with Crippen molar-refractivity contribution in [1.82, 2.24) is 9.97 Å². The molecular weight excluding hydrogens is 229 g/mol. The first-order valence-corrected chi connectivity index (χ1v) is 3.88. The van der Waals surface area contributed by atoms with E-state index in [1.165, 1.54) is 0 Å². The quantitative estimate of drug-likeness (QED) is 0.744. The van der Waals surface area contributed by atoms with Crippen LogP contribution in [0.5, 0.6) is 0 Å². The number of aromatic amines is 1. The Bertz CT molecular complexity index is 490. The molecule has 0 radical (unpaired) electrons. The second-order valence-electron chi connectivity index (χ2n) is 2.66. The molecule has 0 saturated heterocycles. The van der Waals surface area contributed by atoms with Gasteiger partial charge in [-0.15, -0.1) is 0 Å². The first-order chi connectivity index (χ1) is 7.32. The number of aromatic nitrogens is 2. The van der Waals surface area contributed by atoms with Crippen LogP contribution in [0.25, 0.3) is 6.08 Å². The second-order valence-corrected chi connectivity index (χ2v) is 2.66. The van der Waals surface area contributed by atoms with Crippen LogP contribution in [-0.4, -0.2) is 21.0 Å². The Morgan fingerprint density at radius 1 is 1.50 bits per heavy atom. The van der Waals surface area contributed by atoms with Crippen molar-refractivity contribution in [3.05, 3.63) is 34.0 Å². The Balaban J connectivity index is 3.36. The zero-order valence-electron chi connectivity index (χ0n) is 7.58. The van der Waals surface area contributed by atoms with Crippen LogP contribution in [0.2, 0.25) is 0 Å². The van der Waals surface area contributed by atoms with Crippen LogP contribution in [0.15, 0.2) is 17.2 Å². The smallest absolute Gasteiger partial charge is 0.434 e. The number of H-pyrrole nitrogens is 1. The predicted octanol–water partition coefficient (Wildman–Crippen LogP) is 0.887. The molecule has 0 atom stereocenters. The highest BCUT2D eigenvalue weighted by molar-refractivity contribution is 5.85. The van der Waals surface area contributed by atoms with Crippen LogP contribution in [0, 0.1) is 0 Å². The van der Waals surface area contributed by atoms with E-state index in [0.29, 0.717) is 18.5 Å². The van der Waals surface area contributed by atoms with E-state index >= 15 is 0 Å². The topological polar surface area (TPSA) is 83.0 Å². The van der Waals surface area contributed by atoms with E-state index in [-0.39, 0.29) is 0 Å². The van der Waals surface area contributed by atoms with Crippen molar-refractivity contribution in [2.45, 2.75) is 6.18 Å². The lowest BCUT2D eigenvalue weighted by molar-refractivity contribution is -0.141. The minimum Gasteiger partial charge on any atom is -0.478 e. The maximum atomic E-state index is 12.4. The van der Waals surface area contributed by atoms with Gasteiger partial charge in [0.25, 0.3) is 5.56 Å². The molecule has 0 aromatic carbocycles. The van der Waals surface area contributed by atoms with Crippen molar-refractivity contribution < 1.29 is 23.1 Å². The van der Waals surface area contributed by atoms with E-state index < -0.39 is 29.0 Å². The number of rotatable bonds is 2. The first kappa shape index (κ1) is 12.0. The third kappa shape index (κ3) is 2.69. The third-order valence-corrected chi connectivity index (χ3v) is 1.55. The van der Waals surface area contributed by atoms with Gasteiger partial charge in [-0.3, -0.25) is 4.79 Å². The van der Waals surface area contributed by atoms with E-state index in [0.717, 1.165) is 0 Å². The van der Waals surface area contributed by atoms with E-state index in [4.69, 9.17) is 5.11 Å². The van der Waals surface area contributed by atoms with E-state index in [9.17, 15) is 22.8 Å². The largest absolute Gasteiger partial charge is 0.478 e. The van der Waals surface area contributed by atoms with Crippen LogP contribution in [0.1, 0.15) is 11.3 Å². The lowest BCUT2D eigenvalue weighted by Gasteiger charge is -2.06. The Kier molecular flexibility index (Phi) is 3.11. The Labute approximate surface area is 86.3 Å². The summed E-state index contributed by atoms with van der Waals surface area (Å²) in [6.45, 7) is 0. The molecule has 0 aliphatic rings. The molecule has 1 rings (SSSR count). The average Bonchev–Trinajstić information content (AvgIpc) is 2.13. The molecule has 0 bridgehead atoms. The summed E-state index contributed by atoms with van der Waals surface area (Å²) in [6, 6.07) is 0. The molecule has 5 nitrogen and oxygen atoms in total. The highest BCUT2D eigenvalue weighted by atomic mass is 19.4. The van der Waals surface area contributed by atoms with E-state index in [2.05, 4.69) is 4.98 Å². The first-order valence-electron chi connectivity index (χ1n) is 3.88. The fourth-order valence-electron chi connectivity index (χ4n) is 0.945. The molecule has 0 aliphatic carbocycles. The predicted molar refractivity (Wildman–Crippen MR) is 46.5 cm³/mol. The number of hydrogen-bond donors (Lipinski definition) is 2. The molecule has 1 aromatic heterocycles. The number of carboxylic acid groups (broad SMARTS) is 1. The summed E-state index contributed by atoms with van der Waals surface area (Å²) in [5.74, 6) is -1.46. The zero-order chi connectivity index (χ0) is 12.3. The van der Waals surface area contributed by atoms with Gasteiger partial charge >= 0.3 is 12.1 Å². The van der Waals surface area contributed by atoms with Crippen LogP contribution in [0.4, 0.5) is 13.2 Å². The van der Waals surface area contributed by atoms with Gasteiger partial charge in [0.1, 0.15) is 0 Å². The molecular formula is C8H5F3N2O3. The lowest BCUT2D eigenvalue weighted by atomic mass is 10.2. The number of carboxylic acids is 1. The summed E-state index contributed by atoms with van der Waals surface area (Å²) in [7, 11) is 0. The van der Waals surface area contributed by atoms with Crippen LogP contribution >= 0.6 is 0 Å². The zero-order valence-corrected chi connectivity index (χ0v) is 7.58. The number of alkyl halides is 3. The van der Waals surface area contributed by atoms with Gasteiger partial charge < -0.3 is 10.1 Å². The number of carbonyl (C=O) groups is 1. The Hall–Kier alpha value is -2.12. The van der Waals surface area contributed by atoms with Crippen molar-refractivity contribution >= 4 is 12.0 Å². The highest BCUT2D eigenvalue weighted by Gasteiger charge is 2.35. The second kappa shape index (κ2) is 4.17. The van der Waals surface area contributed by atoms with Gasteiger partial charge in [0, 0.05) is 6.08 Å². The maximum Gasteiger partial charge on any atom is 0.434 e. The summed E-state index contributed by atoms with van der Waals surface area (Å²) in [6.07, 6.45) is -3.23. The minimum atomic E-state index is -4.81. The summed E-state index contributed by atoms with van der Waals surface area (Å²) in [4.78, 5) is 26.1. The van der Waals surface area contributed by atoms with E-state index in [1.807, 2.05) is 4.98 Å². The number of nitrogens with zero attached hydrogens (tertiary/aromatic N) is 1. The van der Waals surface area contributed by atoms with Gasteiger partial charge in [0.05, 0.1) is 11.9 Å². The van der Waals surface area contributed by atoms with Gasteiger partial charge in [0.15, 0.2) is 5.69 Å². The molecule has 0 unspecified atom stereocenters. The van der Waals surface area contributed by atoms with Crippen LogP contribution in [-0.2, 0) is 11.0 Å². The van der Waals surface area contributed by atoms with Gasteiger partial charge in [-0.2, -0.15) is 13.2 Å². The highest BCUT2D eigenvalue weighted by Crippen LogP contribution is 2.28. The molecule has 0 spiro atoms. The molecule has 0 aliphatic heterocycles. The number of nitrogens with one attached hydrogen (secondary N) is 1. The molecule has 0 fully saturated rings. The minimum absolute atomic E-state index is 0.432. The van der Waals surface area contributed by atoms with Crippen LogP contribution < -0.4 is 5.56 Å². The molecule has 1 aromatic rings. The van der Waals surface area contributed by atoms with Crippen LogP contribution in [0.3, 0.4) is 0 Å². The number of aliphatic carboxylic acids is 1. The van der Waals surface area contributed by atoms with Crippen molar-refractivity contribution in [2.75, 3.05) is 0 Å². The monoisotopic (exact) mass is 234 g/mol. The summed E-state index contributed by atoms with van der Waals surface area (Å²) < 4.78 is 37.1. The third-order valence-electron chi connectivity index (χ3n) is 1.55. The van der Waals surface area contributed by atoms with E-state index in [1.54, 1.807) is 0 Å². The summed E-state index contributed by atoms with van der Waals surface area (Å²) in [5, 5.41) is 8.26. The van der Waals surface area contributed by atoms with Gasteiger partial charge in [-0.05, 0) is 6.08 Å². The van der Waals surface area contributed by atoms with Gasteiger partial charge in [-0.1, -0.05) is 0 Å². The van der Waals surface area contributed by atoms with Crippen molar-refractivity contribution in [2.24, 2.45) is 0 Å². The fraction of sp³-hybridized carbons (Fsp3) is 0.125. The summed E-state index contributed by atoms with van der Waals surface area (Å²) >= 11 is 0.